The molecule has 0 radical (unpaired) electrons. The molecule has 0 fully saturated rings. The summed E-state index contributed by atoms with van der Waals surface area (Å²) in [5.74, 6) is 1.15. The van der Waals surface area contributed by atoms with Crippen molar-refractivity contribution in [3.63, 3.8) is 0 Å². The molecule has 0 rings (SSSR count). The lowest BCUT2D eigenvalue weighted by molar-refractivity contribution is 0.207. The Morgan fingerprint density at radius 3 is 1.88 bits per heavy atom. The van der Waals surface area contributed by atoms with Crippen molar-refractivity contribution >= 4 is 30.8 Å². The van der Waals surface area contributed by atoms with Crippen molar-refractivity contribution in [1.82, 2.24) is 0 Å². The van der Waals surface area contributed by atoms with Crippen LogP contribution >= 0.6 is 30.8 Å². The van der Waals surface area contributed by atoms with Crippen LogP contribution < -0.4 is 0 Å². The molecular formula is C10H19Cl2O3P. The molecule has 0 heterocycles. The molecule has 0 aliphatic heterocycles. The Morgan fingerprint density at radius 1 is 1.12 bits per heavy atom. The normalized spacial score (nSPS) is 11.5. The fourth-order valence-corrected chi connectivity index (χ4v) is 2.85. The van der Waals surface area contributed by atoms with Crippen LogP contribution in [0, 0.1) is 0 Å². The molecule has 6 heteroatoms. The van der Waals surface area contributed by atoms with Crippen LogP contribution in [0.3, 0.4) is 0 Å². The molecule has 0 atom stereocenters. The number of unbranched alkanes of at least 4 members (excludes halogenated alkanes) is 2. The number of hydrogen-bond acceptors (Lipinski definition) is 3. The largest absolute Gasteiger partial charge is 0.356 e. The van der Waals surface area contributed by atoms with Gasteiger partial charge in [-0.2, -0.15) is 0 Å². The molecule has 0 saturated heterocycles. The van der Waals surface area contributed by atoms with Gasteiger partial charge in [0.1, 0.15) is 4.49 Å². The van der Waals surface area contributed by atoms with E-state index in [0.29, 0.717) is 13.2 Å². The zero-order chi connectivity index (χ0) is 12.4. The molecule has 0 bridgehead atoms. The summed E-state index contributed by atoms with van der Waals surface area (Å²) in [6.45, 7) is 4.82. The van der Waals surface area contributed by atoms with Crippen molar-refractivity contribution in [3.05, 3.63) is 10.3 Å². The van der Waals surface area contributed by atoms with Crippen LogP contribution in [0.25, 0.3) is 0 Å². The molecule has 0 aliphatic carbocycles. The highest BCUT2D eigenvalue weighted by molar-refractivity contribution is 7.57. The molecule has 0 aromatic carbocycles. The van der Waals surface area contributed by atoms with E-state index in [4.69, 9.17) is 32.2 Å². The second-order valence-corrected chi connectivity index (χ2v) is 6.19. The lowest BCUT2D eigenvalue weighted by Gasteiger charge is -2.14. The fourth-order valence-electron chi connectivity index (χ4n) is 0.904. The summed E-state index contributed by atoms with van der Waals surface area (Å²) < 4.78 is 22.4. The van der Waals surface area contributed by atoms with Gasteiger partial charge >= 0.3 is 7.60 Å². The minimum atomic E-state index is -3.26. The lowest BCUT2D eigenvalue weighted by atomic mass is 10.4. The van der Waals surface area contributed by atoms with Crippen LogP contribution in [0.2, 0.25) is 0 Å². The fraction of sp³-hybridized carbons (Fsp3) is 0.800. The van der Waals surface area contributed by atoms with Crippen LogP contribution in [0.4, 0.5) is 0 Å². The summed E-state index contributed by atoms with van der Waals surface area (Å²) in [5.41, 5.74) is 0. The molecule has 0 saturated carbocycles. The highest BCUT2D eigenvalue weighted by Gasteiger charge is 2.21. The molecule has 0 aromatic heterocycles. The summed E-state index contributed by atoms with van der Waals surface area (Å²) in [5, 5.41) is 0. The van der Waals surface area contributed by atoms with Crippen LogP contribution in [0.5, 0.6) is 0 Å². The van der Waals surface area contributed by atoms with E-state index in [1.807, 2.05) is 13.8 Å². The van der Waals surface area contributed by atoms with Gasteiger partial charge in [-0.1, -0.05) is 49.9 Å². The zero-order valence-electron chi connectivity index (χ0n) is 9.75. The molecule has 0 aromatic rings. The van der Waals surface area contributed by atoms with E-state index in [1.165, 1.54) is 0 Å². The van der Waals surface area contributed by atoms with E-state index in [1.54, 1.807) is 0 Å². The first kappa shape index (κ1) is 16.5. The SMILES string of the molecule is CCCCOP(=O)(C=C(Cl)Cl)OCCCC. The Labute approximate surface area is 108 Å². The first-order valence-corrected chi connectivity index (χ1v) is 7.83. The summed E-state index contributed by atoms with van der Waals surface area (Å²) in [6, 6.07) is 0. The summed E-state index contributed by atoms with van der Waals surface area (Å²) in [4.78, 5) is 0. The monoisotopic (exact) mass is 288 g/mol. The minimum Gasteiger partial charge on any atom is -0.306 e. The quantitative estimate of drug-likeness (QED) is 0.438. The van der Waals surface area contributed by atoms with E-state index >= 15 is 0 Å². The van der Waals surface area contributed by atoms with Crippen LogP contribution in [0.1, 0.15) is 39.5 Å². The molecule has 0 aliphatic rings. The van der Waals surface area contributed by atoms with E-state index in [-0.39, 0.29) is 4.49 Å². The number of rotatable bonds is 9. The van der Waals surface area contributed by atoms with Gasteiger partial charge in [-0.05, 0) is 12.8 Å². The van der Waals surface area contributed by atoms with Gasteiger partial charge in [-0.15, -0.1) is 0 Å². The van der Waals surface area contributed by atoms with Gasteiger partial charge in [-0.3, -0.25) is 4.57 Å². The van der Waals surface area contributed by atoms with Crippen molar-refractivity contribution in [2.75, 3.05) is 13.2 Å². The second-order valence-electron chi connectivity index (χ2n) is 3.33. The maximum Gasteiger partial charge on any atom is 0.356 e. The third-order valence-electron chi connectivity index (χ3n) is 1.79. The minimum absolute atomic E-state index is 0.0867. The van der Waals surface area contributed by atoms with Crippen LogP contribution in [0.15, 0.2) is 10.3 Å². The molecule has 0 amide bonds. The topological polar surface area (TPSA) is 35.5 Å². The third-order valence-corrected chi connectivity index (χ3v) is 3.98. The highest BCUT2D eigenvalue weighted by Crippen LogP contribution is 2.51. The van der Waals surface area contributed by atoms with E-state index < -0.39 is 7.60 Å². The number of hydrogen-bond donors (Lipinski definition) is 0. The smallest absolute Gasteiger partial charge is 0.306 e. The van der Waals surface area contributed by atoms with E-state index in [2.05, 4.69) is 0 Å². The summed E-state index contributed by atoms with van der Waals surface area (Å²) >= 11 is 11.0. The Morgan fingerprint density at radius 2 is 1.56 bits per heavy atom. The van der Waals surface area contributed by atoms with Crippen LogP contribution in [-0.2, 0) is 13.6 Å². The first-order valence-electron chi connectivity index (χ1n) is 5.46. The van der Waals surface area contributed by atoms with E-state index in [0.717, 1.165) is 31.5 Å². The van der Waals surface area contributed by atoms with Gasteiger partial charge < -0.3 is 9.05 Å². The molecule has 0 N–H and O–H groups in total. The number of halogens is 2. The predicted molar refractivity (Wildman–Crippen MR) is 69.1 cm³/mol. The summed E-state index contributed by atoms with van der Waals surface area (Å²) in [7, 11) is -3.26. The molecule has 96 valence electrons. The lowest BCUT2D eigenvalue weighted by Crippen LogP contribution is -1.97. The highest BCUT2D eigenvalue weighted by atomic mass is 35.5. The van der Waals surface area contributed by atoms with Crippen molar-refractivity contribution < 1.29 is 13.6 Å². The molecule has 3 nitrogen and oxygen atoms in total. The standard InChI is InChI=1S/C10H19Cl2O3P/c1-3-5-7-14-16(13,9-10(11)12)15-8-6-4-2/h9H,3-8H2,1-2H3. The maximum atomic E-state index is 12.1. The Bertz CT molecular complexity index is 238. The Hall–Kier alpha value is 0.470. The van der Waals surface area contributed by atoms with Crippen LogP contribution in [-0.4, -0.2) is 13.2 Å². The van der Waals surface area contributed by atoms with Crippen molar-refractivity contribution in [2.24, 2.45) is 0 Å². The summed E-state index contributed by atoms with van der Waals surface area (Å²) in [6.07, 6.45) is 3.59. The average Bonchev–Trinajstić information content (AvgIpc) is 2.17. The van der Waals surface area contributed by atoms with Gasteiger partial charge in [0.2, 0.25) is 0 Å². The Kier molecular flexibility index (Phi) is 9.77. The molecular weight excluding hydrogens is 270 g/mol. The molecule has 16 heavy (non-hydrogen) atoms. The van der Waals surface area contributed by atoms with Crippen molar-refractivity contribution in [3.8, 4) is 0 Å². The van der Waals surface area contributed by atoms with E-state index in [9.17, 15) is 4.57 Å². The molecule has 0 spiro atoms. The van der Waals surface area contributed by atoms with Crippen molar-refractivity contribution in [1.29, 1.82) is 0 Å². The predicted octanol–water partition coefficient (Wildman–Crippen LogP) is 5.09. The van der Waals surface area contributed by atoms with Gasteiger partial charge in [0.25, 0.3) is 0 Å². The van der Waals surface area contributed by atoms with Gasteiger partial charge in [0.15, 0.2) is 0 Å². The van der Waals surface area contributed by atoms with Gasteiger partial charge in [-0.25, -0.2) is 0 Å². The van der Waals surface area contributed by atoms with Gasteiger partial charge in [0, 0.05) is 0 Å². The van der Waals surface area contributed by atoms with Crippen molar-refractivity contribution in [2.45, 2.75) is 39.5 Å². The maximum absolute atomic E-state index is 12.1. The van der Waals surface area contributed by atoms with Gasteiger partial charge in [0.05, 0.1) is 19.0 Å². The second kappa shape index (κ2) is 9.49. The average molecular weight is 289 g/mol. The Balaban J connectivity index is 4.26. The zero-order valence-corrected chi connectivity index (χ0v) is 12.2. The third kappa shape index (κ3) is 8.60. The molecule has 0 unspecified atom stereocenters. The first-order chi connectivity index (χ1) is 7.54.